The van der Waals surface area contributed by atoms with Crippen molar-refractivity contribution in [3.63, 3.8) is 0 Å². The summed E-state index contributed by atoms with van der Waals surface area (Å²) in [4.78, 5) is 25.0. The minimum atomic E-state index is -0.378. The van der Waals surface area contributed by atoms with E-state index in [9.17, 15) is 9.59 Å². The molecule has 0 aromatic heterocycles. The molecule has 0 amide bonds. The molecule has 0 radical (unpaired) electrons. The van der Waals surface area contributed by atoms with Gasteiger partial charge in [0.05, 0.1) is 12.5 Å². The quantitative estimate of drug-likeness (QED) is 0.257. The summed E-state index contributed by atoms with van der Waals surface area (Å²) in [6, 6.07) is 7.82. The zero-order valence-electron chi connectivity index (χ0n) is 18.6. The third-order valence-electron chi connectivity index (χ3n) is 6.15. The molecule has 0 saturated heterocycles. The number of ketones is 2. The third-order valence-corrected chi connectivity index (χ3v) is 6.15. The molecule has 0 heterocycles. The van der Waals surface area contributed by atoms with Gasteiger partial charge in [-0.25, -0.2) is 0 Å². The Morgan fingerprint density at radius 2 is 1.62 bits per heavy atom. The highest BCUT2D eigenvalue weighted by Gasteiger charge is 2.32. The third kappa shape index (κ3) is 8.72. The Hall–Kier alpha value is -1.64. The minimum Gasteiger partial charge on any atom is -0.494 e. The van der Waals surface area contributed by atoms with Crippen molar-refractivity contribution in [3.8, 4) is 5.75 Å². The number of benzene rings is 1. The SMILES string of the molecule is CCCCCCCCCOc1ccc(CC(=O)C2CCC(CCC)CC2=O)cc1. The number of ether oxygens (including phenoxy) is 1. The highest BCUT2D eigenvalue weighted by molar-refractivity contribution is 6.03. The summed E-state index contributed by atoms with van der Waals surface area (Å²) in [6.45, 7) is 5.15. The van der Waals surface area contributed by atoms with Gasteiger partial charge in [-0.1, -0.05) is 77.3 Å². The van der Waals surface area contributed by atoms with Crippen molar-refractivity contribution in [2.75, 3.05) is 6.61 Å². The van der Waals surface area contributed by atoms with Crippen LogP contribution < -0.4 is 4.74 Å². The highest BCUT2D eigenvalue weighted by atomic mass is 16.5. The van der Waals surface area contributed by atoms with Crippen molar-refractivity contribution in [1.82, 2.24) is 0 Å². The molecule has 3 heteroatoms. The minimum absolute atomic E-state index is 0.0849. The summed E-state index contributed by atoms with van der Waals surface area (Å²) in [7, 11) is 0. The second-order valence-corrected chi connectivity index (χ2v) is 8.71. The van der Waals surface area contributed by atoms with Crippen LogP contribution in [0.4, 0.5) is 0 Å². The highest BCUT2D eigenvalue weighted by Crippen LogP contribution is 2.30. The van der Waals surface area contributed by atoms with Crippen molar-refractivity contribution in [3.05, 3.63) is 29.8 Å². The Morgan fingerprint density at radius 1 is 0.931 bits per heavy atom. The van der Waals surface area contributed by atoms with E-state index in [1.807, 2.05) is 24.3 Å². The predicted octanol–water partition coefficient (Wildman–Crippen LogP) is 6.71. The maximum atomic E-state index is 12.6. The summed E-state index contributed by atoms with van der Waals surface area (Å²) in [5.74, 6) is 1.22. The Kier molecular flexibility index (Phi) is 11.1. The number of hydrogen-bond acceptors (Lipinski definition) is 3. The molecular weight excluding hydrogens is 360 g/mol. The molecule has 2 rings (SSSR count). The van der Waals surface area contributed by atoms with Gasteiger partial charge in [-0.3, -0.25) is 9.59 Å². The summed E-state index contributed by atoms with van der Waals surface area (Å²) in [5.41, 5.74) is 0.974. The van der Waals surface area contributed by atoms with Crippen molar-refractivity contribution >= 4 is 11.6 Å². The zero-order chi connectivity index (χ0) is 20.9. The van der Waals surface area contributed by atoms with Gasteiger partial charge in [-0.15, -0.1) is 0 Å². The summed E-state index contributed by atoms with van der Waals surface area (Å²) < 4.78 is 5.82. The smallest absolute Gasteiger partial charge is 0.147 e. The topological polar surface area (TPSA) is 43.4 Å². The van der Waals surface area contributed by atoms with E-state index in [0.717, 1.165) is 50.0 Å². The Morgan fingerprint density at radius 3 is 2.28 bits per heavy atom. The van der Waals surface area contributed by atoms with Gasteiger partial charge in [0.1, 0.15) is 17.3 Å². The molecule has 3 nitrogen and oxygen atoms in total. The average Bonchev–Trinajstić information content (AvgIpc) is 2.71. The molecule has 0 N–H and O–H groups in total. The standard InChI is InChI=1S/C26H40O3/c1-3-5-6-7-8-9-10-18-29-23-15-12-22(13-16-23)20-26(28)24-17-14-21(11-4-2)19-25(24)27/h12-13,15-16,21,24H,3-11,14,17-20H2,1-2H3. The lowest BCUT2D eigenvalue weighted by atomic mass is 9.76. The van der Waals surface area contributed by atoms with Crippen LogP contribution in [-0.2, 0) is 16.0 Å². The van der Waals surface area contributed by atoms with E-state index in [2.05, 4.69) is 13.8 Å². The first-order chi connectivity index (χ1) is 14.1. The second kappa shape index (κ2) is 13.6. The van der Waals surface area contributed by atoms with Gasteiger partial charge in [0.15, 0.2) is 0 Å². The largest absolute Gasteiger partial charge is 0.494 e. The predicted molar refractivity (Wildman–Crippen MR) is 119 cm³/mol. The molecule has 2 unspecified atom stereocenters. The first-order valence-electron chi connectivity index (χ1n) is 11.9. The van der Waals surface area contributed by atoms with Crippen LogP contribution in [-0.4, -0.2) is 18.2 Å². The lowest BCUT2D eigenvalue weighted by Crippen LogP contribution is -2.31. The van der Waals surface area contributed by atoms with Gasteiger partial charge in [0.25, 0.3) is 0 Å². The van der Waals surface area contributed by atoms with Crippen LogP contribution in [0.5, 0.6) is 5.75 Å². The number of hydrogen-bond donors (Lipinski definition) is 0. The van der Waals surface area contributed by atoms with Crippen LogP contribution in [0, 0.1) is 11.8 Å². The molecule has 1 aliphatic rings. The van der Waals surface area contributed by atoms with Crippen LogP contribution in [0.25, 0.3) is 0 Å². The van der Waals surface area contributed by atoms with E-state index >= 15 is 0 Å². The molecule has 0 spiro atoms. The Bertz CT molecular complexity index is 605. The van der Waals surface area contributed by atoms with Gasteiger partial charge in [-0.05, 0) is 42.9 Å². The molecule has 1 aromatic rings. The van der Waals surface area contributed by atoms with Crippen LogP contribution in [0.2, 0.25) is 0 Å². The van der Waals surface area contributed by atoms with E-state index in [1.54, 1.807) is 0 Å². The number of carbonyl (C=O) groups is 2. The van der Waals surface area contributed by atoms with Crippen molar-refractivity contribution < 1.29 is 14.3 Å². The fourth-order valence-electron chi connectivity index (χ4n) is 4.36. The zero-order valence-corrected chi connectivity index (χ0v) is 18.6. The maximum Gasteiger partial charge on any atom is 0.147 e. The molecule has 2 atom stereocenters. The van der Waals surface area contributed by atoms with Gasteiger partial charge in [0, 0.05) is 12.8 Å². The second-order valence-electron chi connectivity index (χ2n) is 8.71. The summed E-state index contributed by atoms with van der Waals surface area (Å²) in [5, 5.41) is 0. The lowest BCUT2D eigenvalue weighted by molar-refractivity contribution is -0.135. The number of Topliss-reactive ketones (excluding diaryl/α,β-unsaturated/α-hetero) is 2. The van der Waals surface area contributed by atoms with E-state index < -0.39 is 0 Å². The normalized spacial score (nSPS) is 19.3. The van der Waals surface area contributed by atoms with Gasteiger partial charge < -0.3 is 4.74 Å². The Balaban J connectivity index is 1.67. The molecule has 1 aliphatic carbocycles. The molecule has 0 aliphatic heterocycles. The van der Waals surface area contributed by atoms with E-state index in [1.165, 1.54) is 38.5 Å². The fourth-order valence-corrected chi connectivity index (χ4v) is 4.36. The fraction of sp³-hybridized carbons (Fsp3) is 0.692. The molecule has 162 valence electrons. The van der Waals surface area contributed by atoms with Crippen LogP contribution >= 0.6 is 0 Å². The number of carbonyl (C=O) groups excluding carboxylic acids is 2. The monoisotopic (exact) mass is 400 g/mol. The molecule has 0 bridgehead atoms. The van der Waals surface area contributed by atoms with Crippen molar-refractivity contribution in [2.45, 2.75) is 97.3 Å². The average molecular weight is 401 g/mol. The maximum absolute atomic E-state index is 12.6. The Labute approximate surface area is 177 Å². The number of unbranched alkanes of at least 4 members (excludes halogenated alkanes) is 6. The summed E-state index contributed by atoms with van der Waals surface area (Å²) >= 11 is 0. The van der Waals surface area contributed by atoms with Gasteiger partial charge in [-0.2, -0.15) is 0 Å². The molecule has 1 fully saturated rings. The van der Waals surface area contributed by atoms with Crippen molar-refractivity contribution in [1.29, 1.82) is 0 Å². The van der Waals surface area contributed by atoms with Gasteiger partial charge >= 0.3 is 0 Å². The first kappa shape index (κ1) is 23.6. The lowest BCUT2D eigenvalue weighted by Gasteiger charge is -2.26. The molecule has 29 heavy (non-hydrogen) atoms. The van der Waals surface area contributed by atoms with E-state index in [0.29, 0.717) is 18.8 Å². The molecule has 1 saturated carbocycles. The van der Waals surface area contributed by atoms with Crippen LogP contribution in [0.3, 0.4) is 0 Å². The molecule has 1 aromatic carbocycles. The number of rotatable bonds is 14. The van der Waals surface area contributed by atoms with E-state index in [4.69, 9.17) is 4.74 Å². The molecular formula is C26H40O3. The van der Waals surface area contributed by atoms with Crippen molar-refractivity contribution in [2.24, 2.45) is 11.8 Å². The van der Waals surface area contributed by atoms with E-state index in [-0.39, 0.29) is 17.5 Å². The summed E-state index contributed by atoms with van der Waals surface area (Å²) in [6.07, 6.45) is 13.9. The van der Waals surface area contributed by atoms with Gasteiger partial charge in [0.2, 0.25) is 0 Å². The van der Waals surface area contributed by atoms with Crippen LogP contribution in [0.15, 0.2) is 24.3 Å². The first-order valence-corrected chi connectivity index (χ1v) is 11.9. The van der Waals surface area contributed by atoms with Crippen LogP contribution in [0.1, 0.15) is 96.5 Å².